The van der Waals surface area contributed by atoms with Crippen LogP contribution in [0.15, 0.2) is 23.3 Å². The lowest BCUT2D eigenvalue weighted by atomic mass is 10.3. The Hall–Kier alpha value is -1.05. The number of rotatable bonds is 4. The fourth-order valence-corrected chi connectivity index (χ4v) is 1.29. The first-order valence-corrected chi connectivity index (χ1v) is 5.65. The first kappa shape index (κ1) is 16.9. The summed E-state index contributed by atoms with van der Waals surface area (Å²) in [5.74, 6) is 1.41. The van der Waals surface area contributed by atoms with Crippen molar-refractivity contribution in [3.63, 3.8) is 0 Å². The Balaban J connectivity index is 0.00000289. The second-order valence-corrected chi connectivity index (χ2v) is 3.85. The van der Waals surface area contributed by atoms with E-state index in [9.17, 15) is 0 Å². The zero-order chi connectivity index (χ0) is 12.7. The first-order valence-electron chi connectivity index (χ1n) is 5.65. The van der Waals surface area contributed by atoms with Crippen molar-refractivity contribution < 1.29 is 4.74 Å². The van der Waals surface area contributed by atoms with Crippen LogP contribution < -0.4 is 15.4 Å². The standard InChI is InChI=1S/C12H20N4O.HI/c1-9(2)17-11-6-5-10(7-15-11)8-16-12(13-3)14-4;/h5-7,9H,8H2,1-4H3,(H2,13,14,16);1H. The molecule has 18 heavy (non-hydrogen) atoms. The highest BCUT2D eigenvalue weighted by atomic mass is 127. The normalized spacial score (nSPS) is 10.8. The summed E-state index contributed by atoms with van der Waals surface area (Å²) in [4.78, 5) is 8.25. The highest BCUT2D eigenvalue weighted by Gasteiger charge is 2.00. The number of aromatic nitrogens is 1. The third-order valence-electron chi connectivity index (χ3n) is 2.07. The molecule has 1 aromatic heterocycles. The lowest BCUT2D eigenvalue weighted by molar-refractivity contribution is 0.232. The third-order valence-corrected chi connectivity index (χ3v) is 2.07. The number of guanidine groups is 1. The van der Waals surface area contributed by atoms with Gasteiger partial charge in [0.2, 0.25) is 5.88 Å². The zero-order valence-corrected chi connectivity index (χ0v) is 13.6. The van der Waals surface area contributed by atoms with Gasteiger partial charge in [-0.3, -0.25) is 4.99 Å². The van der Waals surface area contributed by atoms with Gasteiger partial charge in [0.15, 0.2) is 5.96 Å². The topological polar surface area (TPSA) is 58.5 Å². The molecule has 0 aliphatic carbocycles. The SMILES string of the molecule is CN=C(NC)NCc1ccc(OC(C)C)nc1.I. The van der Waals surface area contributed by atoms with Gasteiger partial charge in [0.25, 0.3) is 0 Å². The van der Waals surface area contributed by atoms with E-state index in [2.05, 4.69) is 20.6 Å². The van der Waals surface area contributed by atoms with E-state index in [0.29, 0.717) is 12.4 Å². The van der Waals surface area contributed by atoms with Gasteiger partial charge in [0.1, 0.15) is 0 Å². The molecule has 102 valence electrons. The van der Waals surface area contributed by atoms with E-state index in [4.69, 9.17) is 4.74 Å². The average Bonchev–Trinajstić information content (AvgIpc) is 2.32. The number of hydrogen-bond acceptors (Lipinski definition) is 3. The molecule has 0 saturated carbocycles. The molecule has 2 N–H and O–H groups in total. The van der Waals surface area contributed by atoms with Crippen LogP contribution in [0.25, 0.3) is 0 Å². The summed E-state index contributed by atoms with van der Waals surface area (Å²) in [7, 11) is 3.56. The van der Waals surface area contributed by atoms with Gasteiger partial charge in [-0.1, -0.05) is 6.07 Å². The van der Waals surface area contributed by atoms with Crippen molar-refractivity contribution in [1.82, 2.24) is 15.6 Å². The lowest BCUT2D eigenvalue weighted by Crippen LogP contribution is -2.34. The number of nitrogens with one attached hydrogen (secondary N) is 2. The number of halogens is 1. The van der Waals surface area contributed by atoms with Crippen LogP contribution in [0, 0.1) is 0 Å². The lowest BCUT2D eigenvalue weighted by Gasteiger charge is -2.10. The Morgan fingerprint density at radius 3 is 2.61 bits per heavy atom. The van der Waals surface area contributed by atoms with Crippen molar-refractivity contribution >= 4 is 29.9 Å². The molecule has 0 bridgehead atoms. The summed E-state index contributed by atoms with van der Waals surface area (Å²) in [5.41, 5.74) is 1.08. The Morgan fingerprint density at radius 1 is 1.44 bits per heavy atom. The molecular formula is C12H21IN4O. The van der Waals surface area contributed by atoms with Crippen molar-refractivity contribution in [2.24, 2.45) is 4.99 Å². The number of pyridine rings is 1. The maximum Gasteiger partial charge on any atom is 0.213 e. The van der Waals surface area contributed by atoms with Crippen molar-refractivity contribution in [2.45, 2.75) is 26.5 Å². The van der Waals surface area contributed by atoms with Crippen molar-refractivity contribution in [3.8, 4) is 5.88 Å². The van der Waals surface area contributed by atoms with Crippen molar-refractivity contribution in [2.75, 3.05) is 14.1 Å². The van der Waals surface area contributed by atoms with Gasteiger partial charge in [-0.25, -0.2) is 4.98 Å². The maximum absolute atomic E-state index is 5.47. The van der Waals surface area contributed by atoms with Crippen LogP contribution in [-0.4, -0.2) is 31.1 Å². The summed E-state index contributed by atoms with van der Waals surface area (Å²) in [6, 6.07) is 3.86. The van der Waals surface area contributed by atoms with Crippen LogP contribution in [0.5, 0.6) is 5.88 Å². The van der Waals surface area contributed by atoms with E-state index in [-0.39, 0.29) is 30.1 Å². The summed E-state index contributed by atoms with van der Waals surface area (Å²) in [6.45, 7) is 4.64. The second-order valence-electron chi connectivity index (χ2n) is 3.85. The van der Waals surface area contributed by atoms with Gasteiger partial charge >= 0.3 is 0 Å². The molecule has 0 unspecified atom stereocenters. The zero-order valence-electron chi connectivity index (χ0n) is 11.2. The summed E-state index contributed by atoms with van der Waals surface area (Å²) >= 11 is 0. The van der Waals surface area contributed by atoms with Gasteiger partial charge in [-0.15, -0.1) is 24.0 Å². The highest BCUT2D eigenvalue weighted by Crippen LogP contribution is 2.09. The Labute approximate surface area is 125 Å². The second kappa shape index (κ2) is 8.96. The average molecular weight is 364 g/mol. The molecular weight excluding hydrogens is 343 g/mol. The first-order chi connectivity index (χ1) is 8.15. The summed E-state index contributed by atoms with van der Waals surface area (Å²) < 4.78 is 5.47. The van der Waals surface area contributed by atoms with Crippen LogP contribution in [-0.2, 0) is 6.54 Å². The molecule has 0 spiro atoms. The molecule has 1 heterocycles. The number of ether oxygens (including phenoxy) is 1. The minimum absolute atomic E-state index is 0. The van der Waals surface area contributed by atoms with Crippen LogP contribution in [0.3, 0.4) is 0 Å². The molecule has 0 aliphatic heterocycles. The van der Waals surface area contributed by atoms with E-state index in [1.807, 2.05) is 33.0 Å². The van der Waals surface area contributed by atoms with Crippen LogP contribution >= 0.6 is 24.0 Å². The molecule has 6 heteroatoms. The molecule has 5 nitrogen and oxygen atoms in total. The monoisotopic (exact) mass is 364 g/mol. The third kappa shape index (κ3) is 6.04. The molecule has 1 rings (SSSR count). The van der Waals surface area contributed by atoms with E-state index in [0.717, 1.165) is 11.5 Å². The molecule has 0 aromatic carbocycles. The minimum Gasteiger partial charge on any atom is -0.475 e. The van der Waals surface area contributed by atoms with Crippen molar-refractivity contribution in [1.29, 1.82) is 0 Å². The van der Waals surface area contributed by atoms with Gasteiger partial charge in [-0.2, -0.15) is 0 Å². The predicted molar refractivity (Wildman–Crippen MR) is 84.7 cm³/mol. The Kier molecular flexibility index (Phi) is 8.43. The predicted octanol–water partition coefficient (Wildman–Crippen LogP) is 1.78. The highest BCUT2D eigenvalue weighted by molar-refractivity contribution is 14.0. The molecule has 0 aliphatic rings. The molecule has 0 saturated heterocycles. The largest absolute Gasteiger partial charge is 0.475 e. The summed E-state index contributed by atoms with van der Waals surface area (Å²) in [5, 5.41) is 6.11. The fraction of sp³-hybridized carbons (Fsp3) is 0.500. The molecule has 0 radical (unpaired) electrons. The fourth-order valence-electron chi connectivity index (χ4n) is 1.29. The molecule has 0 atom stereocenters. The van der Waals surface area contributed by atoms with Gasteiger partial charge < -0.3 is 15.4 Å². The molecule has 0 amide bonds. The van der Waals surface area contributed by atoms with E-state index in [1.54, 1.807) is 13.2 Å². The number of aliphatic imine (C=N–C) groups is 1. The van der Waals surface area contributed by atoms with Gasteiger partial charge in [0, 0.05) is 32.9 Å². The minimum atomic E-state index is 0. The van der Waals surface area contributed by atoms with E-state index in [1.165, 1.54) is 0 Å². The van der Waals surface area contributed by atoms with Crippen LogP contribution in [0.4, 0.5) is 0 Å². The molecule has 1 aromatic rings. The number of nitrogens with zero attached hydrogens (tertiary/aromatic N) is 2. The molecule has 0 fully saturated rings. The Morgan fingerprint density at radius 2 is 2.17 bits per heavy atom. The summed E-state index contributed by atoms with van der Waals surface area (Å²) in [6.07, 6.45) is 1.95. The quantitative estimate of drug-likeness (QED) is 0.486. The van der Waals surface area contributed by atoms with E-state index >= 15 is 0 Å². The maximum atomic E-state index is 5.47. The van der Waals surface area contributed by atoms with Crippen LogP contribution in [0.2, 0.25) is 0 Å². The van der Waals surface area contributed by atoms with E-state index < -0.39 is 0 Å². The van der Waals surface area contributed by atoms with Gasteiger partial charge in [-0.05, 0) is 19.4 Å². The van der Waals surface area contributed by atoms with Gasteiger partial charge in [0.05, 0.1) is 6.10 Å². The number of hydrogen-bond donors (Lipinski definition) is 2. The smallest absolute Gasteiger partial charge is 0.213 e. The van der Waals surface area contributed by atoms with Crippen molar-refractivity contribution in [3.05, 3.63) is 23.9 Å². The Bertz CT molecular complexity index is 365. The van der Waals surface area contributed by atoms with Crippen LogP contribution in [0.1, 0.15) is 19.4 Å².